The molecule has 0 radical (unpaired) electrons. The number of allylic oxidation sites excluding steroid dienone is 5. The third-order valence-corrected chi connectivity index (χ3v) is 3.53. The molecule has 2 aliphatic carbocycles. The molecule has 2 heteroatoms. The summed E-state index contributed by atoms with van der Waals surface area (Å²) in [6, 6.07) is 5.64. The van der Waals surface area contributed by atoms with Gasteiger partial charge in [0.15, 0.2) is 5.78 Å². The van der Waals surface area contributed by atoms with Crippen molar-refractivity contribution in [2.75, 3.05) is 6.61 Å². The molecule has 0 atom stereocenters. The van der Waals surface area contributed by atoms with E-state index in [0.29, 0.717) is 18.6 Å². The number of fused-ring (bicyclic) bond motifs is 1. The Morgan fingerprint density at radius 2 is 2.05 bits per heavy atom. The van der Waals surface area contributed by atoms with Gasteiger partial charge < -0.3 is 4.74 Å². The maximum Gasteiger partial charge on any atom is 0.189 e. The number of hydrogen-bond donors (Lipinski definition) is 0. The van der Waals surface area contributed by atoms with Crippen LogP contribution in [0.2, 0.25) is 0 Å². The first-order valence-corrected chi connectivity index (χ1v) is 7.74. The number of hydrogen-bond acceptors (Lipinski definition) is 2. The van der Waals surface area contributed by atoms with Crippen LogP contribution in [0, 0.1) is 0 Å². The van der Waals surface area contributed by atoms with E-state index < -0.39 is 0 Å². The molecule has 0 saturated carbocycles. The lowest BCUT2D eigenvalue weighted by Gasteiger charge is -2.08. The highest BCUT2D eigenvalue weighted by atomic mass is 16.5. The monoisotopic (exact) mass is 294 g/mol. The van der Waals surface area contributed by atoms with Crippen molar-refractivity contribution in [3.63, 3.8) is 0 Å². The van der Waals surface area contributed by atoms with Gasteiger partial charge in [0.1, 0.15) is 12.4 Å². The summed E-state index contributed by atoms with van der Waals surface area (Å²) in [7, 11) is 0. The third-order valence-electron chi connectivity index (χ3n) is 3.53. The molecule has 3 rings (SSSR count). The summed E-state index contributed by atoms with van der Waals surface area (Å²) in [6.07, 6.45) is 11.9. The molecule has 0 saturated heterocycles. The molecule has 22 heavy (non-hydrogen) atoms. The van der Waals surface area contributed by atoms with Crippen LogP contribution in [0.4, 0.5) is 0 Å². The van der Waals surface area contributed by atoms with Crippen molar-refractivity contribution >= 4 is 5.78 Å². The first-order valence-electron chi connectivity index (χ1n) is 7.74. The Balaban J connectivity index is 0.000000847. The molecule has 0 aromatic heterocycles. The molecule has 1 aromatic rings. The number of Topliss-reactive ketones (excluding diaryl/α,β-unsaturated/α-hetero) is 1. The van der Waals surface area contributed by atoms with Crippen LogP contribution in [0.3, 0.4) is 0 Å². The molecule has 114 valence electrons. The van der Waals surface area contributed by atoms with Crippen molar-refractivity contribution in [3.8, 4) is 5.75 Å². The summed E-state index contributed by atoms with van der Waals surface area (Å²) >= 11 is 0. The second kappa shape index (κ2) is 7.60. The fraction of sp³-hybridized carbons (Fsp3) is 0.250. The largest absolute Gasteiger partial charge is 0.489 e. The first-order chi connectivity index (χ1) is 10.7. The van der Waals surface area contributed by atoms with Crippen LogP contribution in [-0.4, -0.2) is 12.4 Å². The average molecular weight is 294 g/mol. The number of ketones is 1. The van der Waals surface area contributed by atoms with Gasteiger partial charge in [-0.05, 0) is 41.3 Å². The molecule has 1 aromatic carbocycles. The molecular formula is C20H22O2. The van der Waals surface area contributed by atoms with E-state index in [1.807, 2.05) is 44.2 Å². The average Bonchev–Trinajstić information content (AvgIpc) is 2.75. The Kier molecular flexibility index (Phi) is 5.54. The van der Waals surface area contributed by atoms with Crippen LogP contribution in [-0.2, 0) is 6.42 Å². The second-order valence-corrected chi connectivity index (χ2v) is 5.02. The lowest BCUT2D eigenvalue weighted by molar-refractivity contribution is 0.104. The van der Waals surface area contributed by atoms with Crippen molar-refractivity contribution in [3.05, 3.63) is 77.4 Å². The van der Waals surface area contributed by atoms with E-state index in [2.05, 4.69) is 24.8 Å². The highest BCUT2D eigenvalue weighted by molar-refractivity contribution is 6.12. The zero-order valence-electron chi connectivity index (χ0n) is 13.3. The maximum atomic E-state index is 11.8. The minimum absolute atomic E-state index is 0.0621. The smallest absolute Gasteiger partial charge is 0.189 e. The molecule has 0 heterocycles. The van der Waals surface area contributed by atoms with Crippen molar-refractivity contribution in [1.29, 1.82) is 0 Å². The van der Waals surface area contributed by atoms with E-state index in [9.17, 15) is 4.79 Å². The molecule has 0 aliphatic heterocycles. The highest BCUT2D eigenvalue weighted by Crippen LogP contribution is 2.28. The first kappa shape index (κ1) is 16.0. The van der Waals surface area contributed by atoms with Crippen molar-refractivity contribution < 1.29 is 9.53 Å². The Labute approximate surface area is 132 Å². The number of carbonyl (C=O) groups excluding carboxylic acids is 1. The van der Waals surface area contributed by atoms with Gasteiger partial charge in [0, 0.05) is 12.0 Å². The Morgan fingerprint density at radius 1 is 1.23 bits per heavy atom. The zero-order valence-corrected chi connectivity index (χ0v) is 13.3. The summed E-state index contributed by atoms with van der Waals surface area (Å²) < 4.78 is 5.81. The number of ether oxygens (including phenoxy) is 1. The fourth-order valence-corrected chi connectivity index (χ4v) is 2.43. The minimum atomic E-state index is 0.0621. The Morgan fingerprint density at radius 3 is 2.86 bits per heavy atom. The van der Waals surface area contributed by atoms with Crippen LogP contribution in [0.5, 0.6) is 5.75 Å². The van der Waals surface area contributed by atoms with Crippen LogP contribution in [0.1, 0.15) is 36.2 Å². The van der Waals surface area contributed by atoms with Gasteiger partial charge in [0.05, 0.1) is 0 Å². The van der Waals surface area contributed by atoms with Gasteiger partial charge in [-0.15, -0.1) is 0 Å². The number of rotatable bonds is 3. The standard InChI is InChI=1S/C18H16O2.C2H6/c1-13-10-15-11-16(8-9-17(15)18(13)19)20-12-14-6-4-2-3-5-7-14;1-2/h2-4,6-9,11H,1,5,10,12H2;1-2H3. The van der Waals surface area contributed by atoms with Crippen LogP contribution >= 0.6 is 0 Å². The molecule has 2 aliphatic rings. The molecule has 0 unspecified atom stereocenters. The lowest BCUT2D eigenvalue weighted by Crippen LogP contribution is -2.00. The van der Waals surface area contributed by atoms with E-state index in [1.165, 1.54) is 0 Å². The molecule has 0 amide bonds. The quantitative estimate of drug-likeness (QED) is 0.746. The molecule has 2 nitrogen and oxygen atoms in total. The second-order valence-electron chi connectivity index (χ2n) is 5.02. The maximum absolute atomic E-state index is 11.8. The third kappa shape index (κ3) is 3.64. The van der Waals surface area contributed by atoms with Crippen LogP contribution < -0.4 is 4.74 Å². The van der Waals surface area contributed by atoms with Crippen LogP contribution in [0.15, 0.2) is 66.3 Å². The molecule has 0 spiro atoms. The van der Waals surface area contributed by atoms with E-state index in [4.69, 9.17) is 4.74 Å². The summed E-state index contributed by atoms with van der Waals surface area (Å²) in [6.45, 7) is 8.34. The van der Waals surface area contributed by atoms with Crippen molar-refractivity contribution in [2.45, 2.75) is 26.7 Å². The summed E-state index contributed by atoms with van der Waals surface area (Å²) in [5.41, 5.74) is 3.61. The lowest BCUT2D eigenvalue weighted by atomic mass is 10.1. The van der Waals surface area contributed by atoms with Gasteiger partial charge in [-0.25, -0.2) is 0 Å². The molecule has 0 bridgehead atoms. The van der Waals surface area contributed by atoms with E-state index in [0.717, 1.165) is 28.9 Å². The minimum Gasteiger partial charge on any atom is -0.489 e. The van der Waals surface area contributed by atoms with Gasteiger partial charge in [-0.3, -0.25) is 4.79 Å². The number of benzene rings is 1. The summed E-state index contributed by atoms with van der Waals surface area (Å²) in [4.78, 5) is 11.8. The van der Waals surface area contributed by atoms with Crippen LogP contribution in [0.25, 0.3) is 0 Å². The van der Waals surface area contributed by atoms with E-state index in [1.54, 1.807) is 0 Å². The topological polar surface area (TPSA) is 26.3 Å². The molecule has 0 fully saturated rings. The molecular weight excluding hydrogens is 272 g/mol. The number of carbonyl (C=O) groups is 1. The predicted molar refractivity (Wildman–Crippen MR) is 91.4 cm³/mol. The van der Waals surface area contributed by atoms with Gasteiger partial charge in [-0.1, -0.05) is 50.8 Å². The van der Waals surface area contributed by atoms with Gasteiger partial charge in [-0.2, -0.15) is 0 Å². The summed E-state index contributed by atoms with van der Waals surface area (Å²) in [5, 5.41) is 0. The van der Waals surface area contributed by atoms with Crippen molar-refractivity contribution in [1.82, 2.24) is 0 Å². The van der Waals surface area contributed by atoms with Gasteiger partial charge in [0.25, 0.3) is 0 Å². The highest BCUT2D eigenvalue weighted by Gasteiger charge is 2.23. The molecule has 0 N–H and O–H groups in total. The van der Waals surface area contributed by atoms with E-state index >= 15 is 0 Å². The normalized spacial score (nSPS) is 15.6. The van der Waals surface area contributed by atoms with E-state index in [-0.39, 0.29) is 5.78 Å². The van der Waals surface area contributed by atoms with Gasteiger partial charge >= 0.3 is 0 Å². The van der Waals surface area contributed by atoms with Gasteiger partial charge in [0.2, 0.25) is 0 Å². The van der Waals surface area contributed by atoms with Crippen molar-refractivity contribution in [2.24, 2.45) is 0 Å². The summed E-state index contributed by atoms with van der Waals surface area (Å²) in [5.74, 6) is 0.866. The fourth-order valence-electron chi connectivity index (χ4n) is 2.43. The predicted octanol–water partition coefficient (Wildman–Crippen LogP) is 4.83. The Hall–Kier alpha value is -2.35. The SMILES string of the molecule is C=C1Cc2cc(OCC3=CCC=CC=C3)ccc2C1=O.CC. The Bertz CT molecular complexity index is 660. The zero-order chi connectivity index (χ0) is 15.9.